The molecule has 3 nitrogen and oxygen atoms in total. The van der Waals surface area contributed by atoms with Crippen molar-refractivity contribution in [3.8, 4) is 0 Å². The number of carbonyl (C=O) groups is 1. The highest BCUT2D eigenvalue weighted by molar-refractivity contribution is 5.98. The van der Waals surface area contributed by atoms with Gasteiger partial charge in [-0.15, -0.1) is 0 Å². The molecule has 0 saturated heterocycles. The second-order valence-corrected chi connectivity index (χ2v) is 5.58. The first-order chi connectivity index (χ1) is 10.3. The first-order valence-corrected chi connectivity index (χ1v) is 8.08. The lowest BCUT2D eigenvalue weighted by atomic mass is 9.92. The number of rotatable bonds is 8. The van der Waals surface area contributed by atoms with Gasteiger partial charge in [-0.05, 0) is 62.4 Å². The van der Waals surface area contributed by atoms with E-state index in [0.29, 0.717) is 0 Å². The zero-order chi connectivity index (χ0) is 14.9. The Morgan fingerprint density at radius 1 is 1.10 bits per heavy atom. The van der Waals surface area contributed by atoms with Gasteiger partial charge in [0.15, 0.2) is 0 Å². The largest absolute Gasteiger partial charge is 0.352 e. The number of fused-ring (bicyclic) bond motifs is 1. The molecule has 114 valence electrons. The second-order valence-electron chi connectivity index (χ2n) is 5.58. The van der Waals surface area contributed by atoms with Crippen LogP contribution in [0.5, 0.6) is 0 Å². The van der Waals surface area contributed by atoms with Gasteiger partial charge in [-0.1, -0.05) is 31.2 Å². The van der Waals surface area contributed by atoms with E-state index >= 15 is 0 Å². The zero-order valence-corrected chi connectivity index (χ0v) is 13.0. The van der Waals surface area contributed by atoms with Crippen molar-refractivity contribution in [1.82, 2.24) is 10.6 Å². The van der Waals surface area contributed by atoms with E-state index in [1.165, 1.54) is 17.5 Å². The number of unbranched alkanes of at least 4 members (excludes halogenated alkanes) is 1. The van der Waals surface area contributed by atoms with E-state index in [9.17, 15) is 4.79 Å². The van der Waals surface area contributed by atoms with Crippen LogP contribution < -0.4 is 10.6 Å². The fourth-order valence-corrected chi connectivity index (χ4v) is 2.60. The van der Waals surface area contributed by atoms with Gasteiger partial charge in [0.1, 0.15) is 0 Å². The molecule has 0 aromatic heterocycles. The van der Waals surface area contributed by atoms with Crippen LogP contribution in [0.3, 0.4) is 0 Å². The van der Waals surface area contributed by atoms with Crippen LogP contribution in [0.2, 0.25) is 0 Å². The molecule has 21 heavy (non-hydrogen) atoms. The number of amides is 1. The van der Waals surface area contributed by atoms with Crippen LogP contribution in [-0.4, -0.2) is 25.5 Å². The Morgan fingerprint density at radius 3 is 2.76 bits per heavy atom. The smallest absolute Gasteiger partial charge is 0.247 e. The summed E-state index contributed by atoms with van der Waals surface area (Å²) in [6.45, 7) is 5.06. The average Bonchev–Trinajstić information content (AvgIpc) is 2.53. The van der Waals surface area contributed by atoms with E-state index in [1.54, 1.807) is 0 Å². The van der Waals surface area contributed by atoms with Gasteiger partial charge in [0.05, 0.1) is 0 Å². The summed E-state index contributed by atoms with van der Waals surface area (Å²) in [5.74, 6) is 0.103. The van der Waals surface area contributed by atoms with Crippen LogP contribution in [0, 0.1) is 0 Å². The molecule has 1 aromatic rings. The lowest BCUT2D eigenvalue weighted by Crippen LogP contribution is -2.27. The molecule has 0 heterocycles. The molecular formula is C18H26N2O. The topological polar surface area (TPSA) is 41.1 Å². The van der Waals surface area contributed by atoms with Crippen LogP contribution in [-0.2, 0) is 11.2 Å². The molecule has 1 aromatic carbocycles. The van der Waals surface area contributed by atoms with E-state index in [-0.39, 0.29) is 5.91 Å². The van der Waals surface area contributed by atoms with Gasteiger partial charge in [-0.25, -0.2) is 0 Å². The summed E-state index contributed by atoms with van der Waals surface area (Å²) in [4.78, 5) is 12.1. The first kappa shape index (κ1) is 15.8. The lowest BCUT2D eigenvalue weighted by molar-refractivity contribution is -0.117. The van der Waals surface area contributed by atoms with E-state index in [0.717, 1.165) is 50.9 Å². The fourth-order valence-electron chi connectivity index (χ4n) is 2.60. The Balaban J connectivity index is 1.71. The molecule has 1 aliphatic carbocycles. The van der Waals surface area contributed by atoms with Crippen LogP contribution in [0.1, 0.15) is 43.7 Å². The molecule has 2 rings (SSSR count). The minimum Gasteiger partial charge on any atom is -0.352 e. The summed E-state index contributed by atoms with van der Waals surface area (Å²) in [5.41, 5.74) is 3.45. The maximum absolute atomic E-state index is 12.1. The molecule has 0 fully saturated rings. The molecule has 0 bridgehead atoms. The summed E-state index contributed by atoms with van der Waals surface area (Å²) in [6.07, 6.45) is 7.18. The lowest BCUT2D eigenvalue weighted by Gasteiger charge is -2.16. The number of hydrogen-bond donors (Lipinski definition) is 2. The van der Waals surface area contributed by atoms with Gasteiger partial charge in [0.2, 0.25) is 5.91 Å². The summed E-state index contributed by atoms with van der Waals surface area (Å²) < 4.78 is 0. The van der Waals surface area contributed by atoms with Gasteiger partial charge in [-0.2, -0.15) is 0 Å². The van der Waals surface area contributed by atoms with Crippen LogP contribution in [0.15, 0.2) is 29.8 Å². The molecule has 0 atom stereocenters. The van der Waals surface area contributed by atoms with Crippen molar-refractivity contribution in [2.75, 3.05) is 19.6 Å². The van der Waals surface area contributed by atoms with Gasteiger partial charge < -0.3 is 10.6 Å². The Kier molecular flexibility index (Phi) is 6.48. The summed E-state index contributed by atoms with van der Waals surface area (Å²) in [5, 5.41) is 6.41. The van der Waals surface area contributed by atoms with Gasteiger partial charge in [0.25, 0.3) is 0 Å². The monoisotopic (exact) mass is 286 g/mol. The first-order valence-electron chi connectivity index (χ1n) is 8.08. The number of nitrogens with one attached hydrogen (secondary N) is 2. The van der Waals surface area contributed by atoms with Crippen LogP contribution in [0.25, 0.3) is 6.08 Å². The average molecular weight is 286 g/mol. The second kappa shape index (κ2) is 8.63. The fraction of sp³-hybridized carbons (Fsp3) is 0.500. The number of aryl methyl sites for hydroxylation is 1. The molecule has 1 amide bonds. The number of hydrogen-bond acceptors (Lipinski definition) is 2. The summed E-state index contributed by atoms with van der Waals surface area (Å²) >= 11 is 0. The third kappa shape index (κ3) is 5.01. The van der Waals surface area contributed by atoms with E-state index in [1.807, 2.05) is 12.1 Å². The summed E-state index contributed by atoms with van der Waals surface area (Å²) in [6, 6.07) is 8.31. The Bertz CT molecular complexity index is 494. The van der Waals surface area contributed by atoms with Crippen LogP contribution >= 0.6 is 0 Å². The van der Waals surface area contributed by atoms with Crippen LogP contribution in [0.4, 0.5) is 0 Å². The molecule has 0 aliphatic heterocycles. The Hall–Kier alpha value is -1.61. The van der Waals surface area contributed by atoms with E-state index in [4.69, 9.17) is 0 Å². The summed E-state index contributed by atoms with van der Waals surface area (Å²) in [7, 11) is 0. The predicted octanol–water partition coefficient (Wildman–Crippen LogP) is 2.91. The molecule has 3 heteroatoms. The molecule has 0 spiro atoms. The van der Waals surface area contributed by atoms with E-state index < -0.39 is 0 Å². The molecule has 1 aliphatic rings. The standard InChI is InChI=1S/C18H26N2O/c1-2-11-19-12-5-6-13-20-18(21)17-10-9-15-7-3-4-8-16(15)14-17/h3-4,7-8,14,19H,2,5-6,9-13H2,1H3,(H,20,21). The van der Waals surface area contributed by atoms with Crippen molar-refractivity contribution >= 4 is 12.0 Å². The van der Waals surface area contributed by atoms with Gasteiger partial charge in [0, 0.05) is 12.1 Å². The molecule has 0 radical (unpaired) electrons. The third-order valence-electron chi connectivity index (χ3n) is 3.83. The zero-order valence-electron chi connectivity index (χ0n) is 13.0. The van der Waals surface area contributed by atoms with Crippen molar-refractivity contribution in [3.05, 3.63) is 41.0 Å². The van der Waals surface area contributed by atoms with Crippen molar-refractivity contribution in [2.45, 2.75) is 39.0 Å². The number of carbonyl (C=O) groups excluding carboxylic acids is 1. The highest BCUT2D eigenvalue weighted by atomic mass is 16.1. The van der Waals surface area contributed by atoms with Gasteiger partial charge in [-0.3, -0.25) is 4.79 Å². The van der Waals surface area contributed by atoms with Crippen molar-refractivity contribution in [3.63, 3.8) is 0 Å². The molecule has 0 saturated carbocycles. The Morgan fingerprint density at radius 2 is 1.90 bits per heavy atom. The third-order valence-corrected chi connectivity index (χ3v) is 3.83. The maximum atomic E-state index is 12.1. The molecule has 0 unspecified atom stereocenters. The quantitative estimate of drug-likeness (QED) is 0.721. The molecule has 2 N–H and O–H groups in total. The van der Waals surface area contributed by atoms with E-state index in [2.05, 4.69) is 35.8 Å². The minimum absolute atomic E-state index is 0.103. The number of benzene rings is 1. The normalized spacial score (nSPS) is 13.5. The highest BCUT2D eigenvalue weighted by Gasteiger charge is 2.15. The molecular weight excluding hydrogens is 260 g/mol. The SMILES string of the molecule is CCCNCCCCNC(=O)C1=Cc2ccccc2CC1. The Labute approximate surface area is 127 Å². The van der Waals surface area contributed by atoms with Crippen molar-refractivity contribution < 1.29 is 4.79 Å². The maximum Gasteiger partial charge on any atom is 0.247 e. The minimum atomic E-state index is 0.103. The van der Waals surface area contributed by atoms with Gasteiger partial charge >= 0.3 is 0 Å². The van der Waals surface area contributed by atoms with Crippen molar-refractivity contribution in [2.24, 2.45) is 0 Å². The predicted molar refractivity (Wildman–Crippen MR) is 88.1 cm³/mol. The highest BCUT2D eigenvalue weighted by Crippen LogP contribution is 2.23. The van der Waals surface area contributed by atoms with Crippen molar-refractivity contribution in [1.29, 1.82) is 0 Å².